The van der Waals surface area contributed by atoms with E-state index < -0.39 is 0 Å². The number of ether oxygens (including phenoxy) is 1. The number of piperidine rings is 1. The summed E-state index contributed by atoms with van der Waals surface area (Å²) < 4.78 is 5.52. The van der Waals surface area contributed by atoms with Gasteiger partial charge in [0, 0.05) is 23.7 Å². The zero-order valence-corrected chi connectivity index (χ0v) is 15.7. The van der Waals surface area contributed by atoms with E-state index in [1.807, 2.05) is 0 Å². The zero-order chi connectivity index (χ0) is 17.6. The SMILES string of the molecule is O=C(C1CCCC1)N1CC2(CCCCN2C2COC2)Cc2ccccc21. The molecule has 1 atom stereocenters. The van der Waals surface area contributed by atoms with Crippen molar-refractivity contribution in [1.29, 1.82) is 0 Å². The predicted molar refractivity (Wildman–Crippen MR) is 102 cm³/mol. The monoisotopic (exact) mass is 354 g/mol. The molecular formula is C22H30N2O2. The average molecular weight is 354 g/mol. The van der Waals surface area contributed by atoms with Gasteiger partial charge in [-0.3, -0.25) is 9.69 Å². The molecule has 4 aliphatic rings. The lowest BCUT2D eigenvalue weighted by Gasteiger charge is -2.56. The zero-order valence-electron chi connectivity index (χ0n) is 15.7. The molecule has 26 heavy (non-hydrogen) atoms. The number of likely N-dealkylation sites (tertiary alicyclic amines) is 1. The molecule has 1 aromatic carbocycles. The van der Waals surface area contributed by atoms with Crippen LogP contribution in [0.5, 0.6) is 0 Å². The number of carbonyl (C=O) groups excluding carboxylic acids is 1. The fourth-order valence-corrected chi connectivity index (χ4v) is 5.75. The van der Waals surface area contributed by atoms with E-state index in [0.29, 0.717) is 11.9 Å². The molecule has 1 spiro atoms. The number of hydrogen-bond acceptors (Lipinski definition) is 3. The molecule has 5 rings (SSSR count). The minimum absolute atomic E-state index is 0.106. The first kappa shape index (κ1) is 16.8. The van der Waals surface area contributed by atoms with Crippen molar-refractivity contribution in [1.82, 2.24) is 4.90 Å². The molecule has 3 heterocycles. The van der Waals surface area contributed by atoms with E-state index >= 15 is 0 Å². The third-order valence-electron chi connectivity index (χ3n) is 7.19. The Labute approximate surface area is 156 Å². The van der Waals surface area contributed by atoms with E-state index in [-0.39, 0.29) is 11.5 Å². The topological polar surface area (TPSA) is 32.8 Å². The Morgan fingerprint density at radius 1 is 1.08 bits per heavy atom. The number of amides is 1. The number of para-hydroxylation sites is 1. The van der Waals surface area contributed by atoms with Crippen molar-refractivity contribution in [2.75, 3.05) is 31.2 Å². The highest BCUT2D eigenvalue weighted by molar-refractivity contribution is 5.96. The Bertz CT molecular complexity index is 680. The van der Waals surface area contributed by atoms with Crippen molar-refractivity contribution in [2.24, 2.45) is 5.92 Å². The summed E-state index contributed by atoms with van der Waals surface area (Å²) in [4.78, 5) is 18.3. The molecule has 0 radical (unpaired) electrons. The van der Waals surface area contributed by atoms with Crippen molar-refractivity contribution in [3.63, 3.8) is 0 Å². The van der Waals surface area contributed by atoms with Crippen LogP contribution in [0, 0.1) is 5.92 Å². The van der Waals surface area contributed by atoms with Gasteiger partial charge in [0.25, 0.3) is 0 Å². The molecule has 4 heteroatoms. The molecule has 140 valence electrons. The summed E-state index contributed by atoms with van der Waals surface area (Å²) in [6, 6.07) is 9.17. The molecule has 1 saturated carbocycles. The fraction of sp³-hybridized carbons (Fsp3) is 0.682. The summed E-state index contributed by atoms with van der Waals surface area (Å²) in [7, 11) is 0. The van der Waals surface area contributed by atoms with E-state index in [1.54, 1.807) is 0 Å². The Balaban J connectivity index is 1.51. The highest BCUT2D eigenvalue weighted by Gasteiger charge is 2.49. The lowest BCUT2D eigenvalue weighted by atomic mass is 9.76. The van der Waals surface area contributed by atoms with Crippen LogP contribution >= 0.6 is 0 Å². The van der Waals surface area contributed by atoms with Crippen LogP contribution in [-0.4, -0.2) is 48.7 Å². The van der Waals surface area contributed by atoms with Crippen LogP contribution in [0.3, 0.4) is 0 Å². The van der Waals surface area contributed by atoms with Crippen LogP contribution in [-0.2, 0) is 16.0 Å². The second-order valence-corrected chi connectivity index (χ2v) is 8.78. The van der Waals surface area contributed by atoms with Crippen LogP contribution in [0.25, 0.3) is 0 Å². The number of rotatable bonds is 2. The minimum atomic E-state index is 0.106. The van der Waals surface area contributed by atoms with Gasteiger partial charge in [0.2, 0.25) is 5.91 Å². The lowest BCUT2D eigenvalue weighted by molar-refractivity contribution is -0.127. The van der Waals surface area contributed by atoms with E-state index in [1.165, 1.54) is 43.4 Å². The Morgan fingerprint density at radius 3 is 2.65 bits per heavy atom. The van der Waals surface area contributed by atoms with Gasteiger partial charge in [0.05, 0.1) is 19.3 Å². The molecule has 3 fully saturated rings. The predicted octanol–water partition coefficient (Wildman–Crippen LogP) is 3.39. The van der Waals surface area contributed by atoms with Crippen LogP contribution in [0.1, 0.15) is 50.5 Å². The first-order chi connectivity index (χ1) is 12.8. The van der Waals surface area contributed by atoms with E-state index in [4.69, 9.17) is 4.74 Å². The summed E-state index contributed by atoms with van der Waals surface area (Å²) in [6.45, 7) is 3.75. The second kappa shape index (κ2) is 6.65. The average Bonchev–Trinajstić information content (AvgIpc) is 3.16. The summed E-state index contributed by atoms with van der Waals surface area (Å²) >= 11 is 0. The standard InChI is InChI=1S/C22H30N2O2/c25-21(17-7-1-2-8-17)23-16-22(13-18-9-3-4-10-20(18)23)11-5-6-12-24(22)19-14-26-15-19/h3-4,9-10,17,19H,1-2,5-8,11-16H2. The van der Waals surface area contributed by atoms with Gasteiger partial charge < -0.3 is 9.64 Å². The smallest absolute Gasteiger partial charge is 0.230 e. The van der Waals surface area contributed by atoms with Crippen molar-refractivity contribution in [2.45, 2.75) is 62.9 Å². The first-order valence-electron chi connectivity index (χ1n) is 10.5. The molecular weight excluding hydrogens is 324 g/mol. The van der Waals surface area contributed by atoms with Gasteiger partial charge in [-0.05, 0) is 50.3 Å². The lowest BCUT2D eigenvalue weighted by Crippen LogP contribution is -2.68. The fourth-order valence-electron chi connectivity index (χ4n) is 5.75. The van der Waals surface area contributed by atoms with Gasteiger partial charge in [-0.1, -0.05) is 37.5 Å². The maximum absolute atomic E-state index is 13.4. The van der Waals surface area contributed by atoms with E-state index in [0.717, 1.165) is 45.6 Å². The van der Waals surface area contributed by atoms with Gasteiger partial charge in [-0.25, -0.2) is 0 Å². The minimum Gasteiger partial charge on any atom is -0.378 e. The number of hydrogen-bond donors (Lipinski definition) is 0. The van der Waals surface area contributed by atoms with Crippen molar-refractivity contribution >= 4 is 11.6 Å². The summed E-state index contributed by atoms with van der Waals surface area (Å²) in [5.41, 5.74) is 2.64. The third kappa shape index (κ3) is 2.69. The molecule has 1 aliphatic carbocycles. The quantitative estimate of drug-likeness (QED) is 0.816. The first-order valence-corrected chi connectivity index (χ1v) is 10.5. The van der Waals surface area contributed by atoms with Crippen molar-refractivity contribution in [3.8, 4) is 0 Å². The molecule has 0 bridgehead atoms. The number of benzene rings is 1. The van der Waals surface area contributed by atoms with E-state index in [2.05, 4.69) is 34.1 Å². The summed E-state index contributed by atoms with van der Waals surface area (Å²) in [5, 5.41) is 0. The number of nitrogens with zero attached hydrogens (tertiary/aromatic N) is 2. The van der Waals surface area contributed by atoms with Crippen LogP contribution in [0.2, 0.25) is 0 Å². The van der Waals surface area contributed by atoms with Crippen LogP contribution < -0.4 is 4.90 Å². The van der Waals surface area contributed by atoms with Crippen LogP contribution in [0.15, 0.2) is 24.3 Å². The Morgan fingerprint density at radius 2 is 1.88 bits per heavy atom. The highest BCUT2D eigenvalue weighted by atomic mass is 16.5. The molecule has 4 nitrogen and oxygen atoms in total. The molecule has 0 N–H and O–H groups in total. The third-order valence-corrected chi connectivity index (χ3v) is 7.19. The second-order valence-electron chi connectivity index (χ2n) is 8.78. The molecule has 0 aromatic heterocycles. The van der Waals surface area contributed by atoms with Crippen molar-refractivity contribution in [3.05, 3.63) is 29.8 Å². The van der Waals surface area contributed by atoms with Gasteiger partial charge in [0.1, 0.15) is 0 Å². The molecule has 1 aromatic rings. The number of anilines is 1. The number of fused-ring (bicyclic) bond motifs is 1. The Hall–Kier alpha value is -1.39. The van der Waals surface area contributed by atoms with Gasteiger partial charge >= 0.3 is 0 Å². The van der Waals surface area contributed by atoms with Crippen molar-refractivity contribution < 1.29 is 9.53 Å². The van der Waals surface area contributed by atoms with Gasteiger partial charge in [0.15, 0.2) is 0 Å². The molecule has 1 amide bonds. The maximum Gasteiger partial charge on any atom is 0.230 e. The normalized spacial score (nSPS) is 30.4. The molecule has 3 aliphatic heterocycles. The summed E-state index contributed by atoms with van der Waals surface area (Å²) in [5.74, 6) is 0.617. The van der Waals surface area contributed by atoms with Gasteiger partial charge in [-0.2, -0.15) is 0 Å². The largest absolute Gasteiger partial charge is 0.378 e. The van der Waals surface area contributed by atoms with Gasteiger partial charge in [-0.15, -0.1) is 0 Å². The highest BCUT2D eigenvalue weighted by Crippen LogP contribution is 2.43. The van der Waals surface area contributed by atoms with Crippen LogP contribution in [0.4, 0.5) is 5.69 Å². The maximum atomic E-state index is 13.4. The number of carbonyl (C=O) groups is 1. The molecule has 1 unspecified atom stereocenters. The molecule has 2 saturated heterocycles. The van der Waals surface area contributed by atoms with E-state index in [9.17, 15) is 4.79 Å². The summed E-state index contributed by atoms with van der Waals surface area (Å²) in [6.07, 6.45) is 9.40. The Kier molecular flexibility index (Phi) is 4.29.